The summed E-state index contributed by atoms with van der Waals surface area (Å²) in [5.74, 6) is 0.274. The summed E-state index contributed by atoms with van der Waals surface area (Å²) >= 11 is 3.02. The predicted octanol–water partition coefficient (Wildman–Crippen LogP) is 2.32. The van der Waals surface area contributed by atoms with Gasteiger partial charge in [0.25, 0.3) is 0 Å². The number of hydrogen-bond donors (Lipinski definition) is 0. The number of Topliss-reactive ketones (excluding diaryl/α,β-unsaturated/α-hetero) is 1. The van der Waals surface area contributed by atoms with Crippen LogP contribution in [0.1, 0.15) is 24.8 Å². The molecule has 0 N–H and O–H groups in total. The van der Waals surface area contributed by atoms with Crippen LogP contribution in [0.4, 0.5) is 0 Å². The molecule has 1 aromatic rings. The first-order valence-corrected chi connectivity index (χ1v) is 5.63. The SMILES string of the molecule is O=C1CCCC([Se])=C1c1ccccc1. The molecule has 0 saturated carbocycles. The Labute approximate surface area is 92.0 Å². The summed E-state index contributed by atoms with van der Waals surface area (Å²) in [6.07, 6.45) is 2.68. The summed E-state index contributed by atoms with van der Waals surface area (Å²) in [6.45, 7) is 0. The first-order chi connectivity index (χ1) is 6.79. The summed E-state index contributed by atoms with van der Waals surface area (Å²) in [4.78, 5) is 11.7. The molecule has 1 nitrogen and oxygen atoms in total. The Morgan fingerprint density at radius 1 is 1.07 bits per heavy atom. The Balaban J connectivity index is 2.46. The summed E-state index contributed by atoms with van der Waals surface area (Å²) < 4.78 is 1.12. The average molecular weight is 250 g/mol. The molecule has 0 unspecified atom stereocenters. The van der Waals surface area contributed by atoms with Crippen LogP contribution in [0.15, 0.2) is 34.8 Å². The van der Waals surface area contributed by atoms with Crippen molar-refractivity contribution in [3.05, 3.63) is 40.4 Å². The first kappa shape index (κ1) is 9.69. The number of benzene rings is 1. The van der Waals surface area contributed by atoms with Crippen molar-refractivity contribution in [2.45, 2.75) is 19.3 Å². The number of carbonyl (C=O) groups excluding carboxylic acids is 1. The fraction of sp³-hybridized carbons (Fsp3) is 0.250. The van der Waals surface area contributed by atoms with E-state index in [0.29, 0.717) is 6.42 Å². The molecule has 14 heavy (non-hydrogen) atoms. The molecule has 0 atom stereocenters. The van der Waals surface area contributed by atoms with E-state index < -0.39 is 0 Å². The number of hydrogen-bond acceptors (Lipinski definition) is 1. The number of rotatable bonds is 1. The molecule has 0 spiro atoms. The van der Waals surface area contributed by atoms with Crippen molar-refractivity contribution in [2.75, 3.05) is 0 Å². The second-order valence-electron chi connectivity index (χ2n) is 3.44. The second-order valence-corrected chi connectivity index (χ2v) is 4.47. The van der Waals surface area contributed by atoms with Gasteiger partial charge >= 0.3 is 91.8 Å². The van der Waals surface area contributed by atoms with Gasteiger partial charge in [0.2, 0.25) is 0 Å². The Morgan fingerprint density at radius 2 is 1.79 bits per heavy atom. The predicted molar refractivity (Wildman–Crippen MR) is 58.0 cm³/mol. The quantitative estimate of drug-likeness (QED) is 0.699. The molecule has 1 aliphatic rings. The standard InChI is InChI=1S/C12H11OSe/c13-10-7-4-8-11(14)12(10)9-5-2-1-3-6-9/h1-3,5-6H,4,7-8H2. The van der Waals surface area contributed by atoms with Crippen molar-refractivity contribution in [1.82, 2.24) is 0 Å². The van der Waals surface area contributed by atoms with Gasteiger partial charge < -0.3 is 0 Å². The average Bonchev–Trinajstić information content (AvgIpc) is 2.19. The molecule has 0 aromatic heterocycles. The summed E-state index contributed by atoms with van der Waals surface area (Å²) in [6, 6.07) is 9.90. The van der Waals surface area contributed by atoms with Gasteiger partial charge in [0.05, 0.1) is 0 Å². The first-order valence-electron chi connectivity index (χ1n) is 4.78. The molecule has 0 saturated heterocycles. The van der Waals surface area contributed by atoms with Gasteiger partial charge in [-0.3, -0.25) is 0 Å². The minimum absolute atomic E-state index is 0.274. The van der Waals surface area contributed by atoms with E-state index in [-0.39, 0.29) is 5.78 Å². The molecule has 1 radical (unpaired) electrons. The molecular formula is C12H11OSe. The Kier molecular flexibility index (Phi) is 2.85. The van der Waals surface area contributed by atoms with Crippen LogP contribution in [-0.2, 0) is 4.79 Å². The van der Waals surface area contributed by atoms with Gasteiger partial charge in [-0.25, -0.2) is 0 Å². The summed E-state index contributed by atoms with van der Waals surface area (Å²) in [5.41, 5.74) is 1.95. The molecule has 71 valence electrons. The van der Waals surface area contributed by atoms with Gasteiger partial charge in [-0.05, 0) is 0 Å². The van der Waals surface area contributed by atoms with Crippen molar-refractivity contribution in [1.29, 1.82) is 0 Å². The van der Waals surface area contributed by atoms with E-state index >= 15 is 0 Å². The van der Waals surface area contributed by atoms with Crippen molar-refractivity contribution < 1.29 is 4.79 Å². The van der Waals surface area contributed by atoms with E-state index in [4.69, 9.17) is 0 Å². The van der Waals surface area contributed by atoms with Crippen LogP contribution >= 0.6 is 0 Å². The van der Waals surface area contributed by atoms with Crippen LogP contribution in [-0.4, -0.2) is 21.8 Å². The zero-order valence-electron chi connectivity index (χ0n) is 7.82. The minimum atomic E-state index is 0.274. The van der Waals surface area contributed by atoms with Crippen LogP contribution in [0.3, 0.4) is 0 Å². The molecule has 0 heterocycles. The number of allylic oxidation sites excluding steroid dienone is 2. The fourth-order valence-electron chi connectivity index (χ4n) is 1.74. The topological polar surface area (TPSA) is 17.1 Å². The van der Waals surface area contributed by atoms with Gasteiger partial charge in [-0.1, -0.05) is 0 Å². The van der Waals surface area contributed by atoms with E-state index in [0.717, 1.165) is 28.4 Å². The molecule has 0 bridgehead atoms. The van der Waals surface area contributed by atoms with Crippen LogP contribution in [0.2, 0.25) is 0 Å². The molecule has 0 fully saturated rings. The van der Waals surface area contributed by atoms with E-state index in [9.17, 15) is 4.79 Å². The zero-order chi connectivity index (χ0) is 9.97. The molecule has 0 aliphatic heterocycles. The van der Waals surface area contributed by atoms with Gasteiger partial charge in [-0.2, -0.15) is 0 Å². The third-order valence-electron chi connectivity index (χ3n) is 2.43. The van der Waals surface area contributed by atoms with Crippen LogP contribution in [0.25, 0.3) is 5.57 Å². The maximum atomic E-state index is 11.7. The van der Waals surface area contributed by atoms with Gasteiger partial charge in [-0.15, -0.1) is 0 Å². The molecule has 2 heteroatoms. The van der Waals surface area contributed by atoms with Crippen LogP contribution < -0.4 is 0 Å². The van der Waals surface area contributed by atoms with Crippen molar-refractivity contribution >= 4 is 27.4 Å². The van der Waals surface area contributed by atoms with Gasteiger partial charge in [0.1, 0.15) is 0 Å². The molecule has 1 aromatic carbocycles. The maximum absolute atomic E-state index is 11.7. The van der Waals surface area contributed by atoms with E-state index in [1.54, 1.807) is 0 Å². The monoisotopic (exact) mass is 251 g/mol. The molecule has 1 aliphatic carbocycles. The fourth-order valence-corrected chi connectivity index (χ4v) is 2.53. The Morgan fingerprint density at radius 3 is 2.43 bits per heavy atom. The van der Waals surface area contributed by atoms with Crippen molar-refractivity contribution in [3.63, 3.8) is 0 Å². The second kappa shape index (κ2) is 4.12. The zero-order valence-corrected chi connectivity index (χ0v) is 9.54. The van der Waals surface area contributed by atoms with E-state index in [1.807, 2.05) is 30.3 Å². The molecular weight excluding hydrogens is 239 g/mol. The normalized spacial score (nSPS) is 17.3. The third-order valence-corrected chi connectivity index (χ3v) is 3.28. The third kappa shape index (κ3) is 1.82. The summed E-state index contributed by atoms with van der Waals surface area (Å²) in [5, 5.41) is 0. The molecule has 2 rings (SSSR count). The van der Waals surface area contributed by atoms with Gasteiger partial charge in [0, 0.05) is 0 Å². The van der Waals surface area contributed by atoms with Crippen LogP contribution in [0.5, 0.6) is 0 Å². The Hall–Kier alpha value is -0.851. The van der Waals surface area contributed by atoms with Crippen molar-refractivity contribution in [3.8, 4) is 0 Å². The molecule has 0 amide bonds. The van der Waals surface area contributed by atoms with Crippen LogP contribution in [0, 0.1) is 0 Å². The van der Waals surface area contributed by atoms with E-state index in [1.165, 1.54) is 0 Å². The summed E-state index contributed by atoms with van der Waals surface area (Å²) in [7, 11) is 0. The number of carbonyl (C=O) groups is 1. The van der Waals surface area contributed by atoms with Crippen molar-refractivity contribution in [2.24, 2.45) is 0 Å². The van der Waals surface area contributed by atoms with Gasteiger partial charge in [0.15, 0.2) is 0 Å². The Bertz CT molecular complexity index is 379. The number of ketones is 1. The van der Waals surface area contributed by atoms with E-state index in [2.05, 4.69) is 16.0 Å².